The van der Waals surface area contributed by atoms with E-state index in [9.17, 15) is 9.18 Å². The zero-order valence-corrected chi connectivity index (χ0v) is 17.3. The Kier molecular flexibility index (Phi) is 5.88. The van der Waals surface area contributed by atoms with Gasteiger partial charge in [-0.25, -0.2) is 4.39 Å². The van der Waals surface area contributed by atoms with Crippen molar-refractivity contribution in [2.45, 2.75) is 25.5 Å². The molecule has 1 amide bonds. The van der Waals surface area contributed by atoms with E-state index in [1.165, 1.54) is 23.5 Å². The van der Waals surface area contributed by atoms with Crippen LogP contribution in [0.1, 0.15) is 28.1 Å². The number of amides is 1. The molecule has 3 nitrogen and oxygen atoms in total. The fourth-order valence-corrected chi connectivity index (χ4v) is 5.14. The van der Waals surface area contributed by atoms with Gasteiger partial charge in [-0.15, -0.1) is 11.3 Å². The Morgan fingerprint density at radius 3 is 2.71 bits per heavy atom. The van der Waals surface area contributed by atoms with Crippen molar-refractivity contribution in [3.05, 3.63) is 68.8 Å². The third-order valence-electron chi connectivity index (χ3n) is 4.81. The van der Waals surface area contributed by atoms with Crippen LogP contribution in [0.3, 0.4) is 0 Å². The highest BCUT2D eigenvalue weighted by molar-refractivity contribution is 7.21. The van der Waals surface area contributed by atoms with E-state index in [-0.39, 0.29) is 17.8 Å². The first kappa shape index (κ1) is 19.6. The highest BCUT2D eigenvalue weighted by atomic mass is 35.5. The third kappa shape index (κ3) is 4.18. The van der Waals surface area contributed by atoms with Gasteiger partial charge >= 0.3 is 0 Å². The maximum atomic E-state index is 13.4. The molecule has 1 fully saturated rings. The van der Waals surface area contributed by atoms with Crippen molar-refractivity contribution in [2.24, 2.45) is 0 Å². The fraction of sp³-hybridized carbons (Fsp3) is 0.286. The van der Waals surface area contributed by atoms with E-state index in [0.29, 0.717) is 34.6 Å². The van der Waals surface area contributed by atoms with Crippen molar-refractivity contribution < 1.29 is 13.9 Å². The number of ether oxygens (including phenoxy) is 1. The first-order chi connectivity index (χ1) is 13.5. The van der Waals surface area contributed by atoms with E-state index < -0.39 is 0 Å². The molecule has 1 aliphatic rings. The number of carbonyl (C=O) groups is 1. The molecule has 7 heteroatoms. The molecule has 1 aliphatic heterocycles. The van der Waals surface area contributed by atoms with Crippen LogP contribution in [0, 0.1) is 5.82 Å². The predicted molar refractivity (Wildman–Crippen MR) is 112 cm³/mol. The molecule has 1 unspecified atom stereocenters. The molecule has 1 saturated heterocycles. The summed E-state index contributed by atoms with van der Waals surface area (Å²) in [6.45, 7) is 1.55. The molecule has 1 atom stereocenters. The van der Waals surface area contributed by atoms with Crippen molar-refractivity contribution in [3.63, 3.8) is 0 Å². The van der Waals surface area contributed by atoms with Crippen LogP contribution in [0.5, 0.6) is 0 Å². The molecule has 1 aromatic heterocycles. The average Bonchev–Trinajstić information content (AvgIpc) is 3.30. The minimum atomic E-state index is -0.301. The highest BCUT2D eigenvalue weighted by Gasteiger charge is 2.27. The van der Waals surface area contributed by atoms with Gasteiger partial charge in [0.2, 0.25) is 0 Å². The molecule has 4 rings (SSSR count). The van der Waals surface area contributed by atoms with E-state index >= 15 is 0 Å². The standard InChI is InChI=1S/C21H18Cl2FNO2S/c22-14-5-8-17-18(10-14)28-20(19(17)23)21(26)25(12-16-2-1-9-27-16)11-13-3-6-15(24)7-4-13/h3-8,10,16H,1-2,9,11-12H2. The quantitative estimate of drug-likeness (QED) is 0.477. The van der Waals surface area contributed by atoms with Gasteiger partial charge in [-0.2, -0.15) is 0 Å². The normalized spacial score (nSPS) is 16.6. The van der Waals surface area contributed by atoms with Crippen LogP contribution in [0.2, 0.25) is 10.0 Å². The van der Waals surface area contributed by atoms with Gasteiger partial charge in [0, 0.05) is 34.8 Å². The molecular formula is C21H18Cl2FNO2S. The third-order valence-corrected chi connectivity index (χ3v) is 6.69. The van der Waals surface area contributed by atoms with Crippen LogP contribution in [0.4, 0.5) is 4.39 Å². The molecule has 28 heavy (non-hydrogen) atoms. The van der Waals surface area contributed by atoms with Gasteiger partial charge in [0.15, 0.2) is 0 Å². The number of carbonyl (C=O) groups excluding carboxylic acids is 1. The highest BCUT2D eigenvalue weighted by Crippen LogP contribution is 2.37. The number of nitrogens with zero attached hydrogens (tertiary/aromatic N) is 1. The Bertz CT molecular complexity index is 1000. The number of fused-ring (bicyclic) bond motifs is 1. The molecule has 0 spiro atoms. The molecule has 2 aromatic carbocycles. The number of halogens is 3. The molecule has 0 radical (unpaired) electrons. The second kappa shape index (κ2) is 8.37. The Labute approximate surface area is 176 Å². The van der Waals surface area contributed by atoms with Crippen LogP contribution in [0.25, 0.3) is 10.1 Å². The second-order valence-electron chi connectivity index (χ2n) is 6.83. The lowest BCUT2D eigenvalue weighted by Gasteiger charge is -2.25. The number of thiophene rings is 1. The maximum absolute atomic E-state index is 13.4. The zero-order chi connectivity index (χ0) is 19.7. The fourth-order valence-electron chi connectivity index (χ4n) is 3.38. The van der Waals surface area contributed by atoms with Crippen LogP contribution >= 0.6 is 34.5 Å². The molecule has 146 valence electrons. The summed E-state index contributed by atoms with van der Waals surface area (Å²) in [5.41, 5.74) is 0.855. The van der Waals surface area contributed by atoms with E-state index in [4.69, 9.17) is 27.9 Å². The van der Waals surface area contributed by atoms with Crippen LogP contribution in [-0.4, -0.2) is 30.1 Å². The molecule has 0 N–H and O–H groups in total. The summed E-state index contributed by atoms with van der Waals surface area (Å²) >= 11 is 13.9. The molecular weight excluding hydrogens is 420 g/mol. The van der Waals surface area contributed by atoms with E-state index in [2.05, 4.69) is 0 Å². The van der Waals surface area contributed by atoms with Crippen LogP contribution in [-0.2, 0) is 11.3 Å². The number of benzene rings is 2. The van der Waals surface area contributed by atoms with E-state index in [0.717, 1.165) is 28.5 Å². The first-order valence-electron chi connectivity index (χ1n) is 9.04. The lowest BCUT2D eigenvalue weighted by Crippen LogP contribution is -2.36. The SMILES string of the molecule is O=C(c1sc2cc(Cl)ccc2c1Cl)N(Cc1ccc(F)cc1)CC1CCCO1. The topological polar surface area (TPSA) is 29.5 Å². The van der Waals surface area contributed by atoms with Crippen molar-refractivity contribution in [1.29, 1.82) is 0 Å². The van der Waals surface area contributed by atoms with E-state index in [1.54, 1.807) is 23.1 Å². The monoisotopic (exact) mass is 437 g/mol. The smallest absolute Gasteiger partial charge is 0.265 e. The summed E-state index contributed by atoms with van der Waals surface area (Å²) in [7, 11) is 0. The predicted octanol–water partition coefficient (Wildman–Crippen LogP) is 6.17. The van der Waals surface area contributed by atoms with Crippen LogP contribution in [0.15, 0.2) is 42.5 Å². The maximum Gasteiger partial charge on any atom is 0.265 e. The number of hydrogen-bond donors (Lipinski definition) is 0. The van der Waals surface area contributed by atoms with Gasteiger partial charge in [-0.05, 0) is 42.7 Å². The number of hydrogen-bond acceptors (Lipinski definition) is 3. The van der Waals surface area contributed by atoms with Gasteiger partial charge < -0.3 is 9.64 Å². The average molecular weight is 438 g/mol. The van der Waals surface area contributed by atoms with Crippen molar-refractivity contribution in [1.82, 2.24) is 4.90 Å². The Balaban J connectivity index is 1.65. The van der Waals surface area contributed by atoms with Gasteiger partial charge in [0.05, 0.1) is 11.1 Å². The lowest BCUT2D eigenvalue weighted by molar-refractivity contribution is 0.0511. The molecule has 0 saturated carbocycles. The number of rotatable bonds is 5. The summed E-state index contributed by atoms with van der Waals surface area (Å²) in [6, 6.07) is 11.6. The molecule has 0 aliphatic carbocycles. The van der Waals surface area contributed by atoms with Crippen molar-refractivity contribution >= 4 is 50.5 Å². The second-order valence-corrected chi connectivity index (χ2v) is 8.70. The Morgan fingerprint density at radius 2 is 2.00 bits per heavy atom. The van der Waals surface area contributed by atoms with E-state index in [1.807, 2.05) is 12.1 Å². The Hall–Kier alpha value is -1.66. The minimum Gasteiger partial charge on any atom is -0.376 e. The summed E-state index contributed by atoms with van der Waals surface area (Å²) in [4.78, 5) is 15.6. The van der Waals surface area contributed by atoms with Gasteiger partial charge in [0.1, 0.15) is 10.7 Å². The lowest BCUT2D eigenvalue weighted by atomic mass is 10.1. The summed E-state index contributed by atoms with van der Waals surface area (Å²) in [5, 5.41) is 1.86. The largest absolute Gasteiger partial charge is 0.376 e. The van der Waals surface area contributed by atoms with Gasteiger partial charge in [0.25, 0.3) is 5.91 Å². The summed E-state index contributed by atoms with van der Waals surface area (Å²) in [5.74, 6) is -0.452. The summed E-state index contributed by atoms with van der Waals surface area (Å²) in [6.07, 6.45) is 1.92. The first-order valence-corrected chi connectivity index (χ1v) is 10.6. The van der Waals surface area contributed by atoms with Gasteiger partial charge in [-0.1, -0.05) is 41.4 Å². The van der Waals surface area contributed by atoms with Crippen molar-refractivity contribution in [2.75, 3.05) is 13.2 Å². The van der Waals surface area contributed by atoms with Gasteiger partial charge in [-0.3, -0.25) is 4.79 Å². The molecule has 2 heterocycles. The Morgan fingerprint density at radius 1 is 1.21 bits per heavy atom. The summed E-state index contributed by atoms with van der Waals surface area (Å²) < 4.78 is 19.9. The van der Waals surface area contributed by atoms with Crippen molar-refractivity contribution in [3.8, 4) is 0 Å². The minimum absolute atomic E-state index is 0.00648. The molecule has 0 bridgehead atoms. The van der Waals surface area contributed by atoms with Crippen LogP contribution < -0.4 is 0 Å². The molecule has 3 aromatic rings. The zero-order valence-electron chi connectivity index (χ0n) is 15.0.